The van der Waals surface area contributed by atoms with Gasteiger partial charge in [0.2, 0.25) is 5.91 Å². The molecule has 0 saturated heterocycles. The van der Waals surface area contributed by atoms with Gasteiger partial charge in [0.1, 0.15) is 11.8 Å². The number of benzene rings is 3. The summed E-state index contributed by atoms with van der Waals surface area (Å²) in [4.78, 5) is 46.4. The van der Waals surface area contributed by atoms with Gasteiger partial charge in [-0.15, -0.1) is 0 Å². The van der Waals surface area contributed by atoms with Gasteiger partial charge >= 0.3 is 5.97 Å². The number of carboxylic acids is 1. The van der Waals surface area contributed by atoms with Gasteiger partial charge in [0.05, 0.1) is 13.0 Å². The Morgan fingerprint density at radius 2 is 1.45 bits per heavy atom. The van der Waals surface area contributed by atoms with E-state index in [-0.39, 0.29) is 30.7 Å². The molecule has 9 nitrogen and oxygen atoms in total. The molecule has 0 radical (unpaired) electrons. The molecule has 4 aromatic rings. The zero-order valence-corrected chi connectivity index (χ0v) is 29.2. The zero-order chi connectivity index (χ0) is 35.4. The van der Waals surface area contributed by atoms with Gasteiger partial charge in [-0.3, -0.25) is 14.4 Å². The number of nitrogens with zero attached hydrogens (tertiary/aromatic N) is 2. The summed E-state index contributed by atoms with van der Waals surface area (Å²) in [7, 11) is 0. The van der Waals surface area contributed by atoms with Crippen LogP contribution in [0.2, 0.25) is 0 Å². The second-order valence-corrected chi connectivity index (χ2v) is 13.7. The summed E-state index contributed by atoms with van der Waals surface area (Å²) in [6.45, 7) is 11.4. The number of nitrogens with one attached hydrogen (secondary N) is 2. The second-order valence-electron chi connectivity index (χ2n) is 13.7. The number of rotatable bonds is 16. The standard InChI is InChI=1S/C40H48N4O5/c1-27(2)8-6-7-23-49-34-19-15-29(16-20-34)32-25-42-37(43-26-32)30-11-9-28(10-12-30)24-35(39(48)41-22-21-36(45)46)44-38(47)31-13-17-33(18-14-31)40(3,4)5/h9-20,25-27,35H,6-8,21-24H2,1-5H3,(H,41,48)(H,44,47)(H,45,46). The van der Waals surface area contributed by atoms with E-state index in [4.69, 9.17) is 9.84 Å². The minimum Gasteiger partial charge on any atom is -0.494 e. The Kier molecular flexibility index (Phi) is 13.0. The number of aliphatic carboxylic acids is 1. The summed E-state index contributed by atoms with van der Waals surface area (Å²) < 4.78 is 5.89. The molecule has 258 valence electrons. The lowest BCUT2D eigenvalue weighted by Gasteiger charge is -2.20. The number of unbranched alkanes of at least 4 members (excludes halogenated alkanes) is 1. The Labute approximate surface area is 289 Å². The third-order valence-electron chi connectivity index (χ3n) is 8.21. The first kappa shape index (κ1) is 36.8. The monoisotopic (exact) mass is 664 g/mol. The van der Waals surface area contributed by atoms with Gasteiger partial charge in [0, 0.05) is 42.0 Å². The van der Waals surface area contributed by atoms with Crippen molar-refractivity contribution in [3.63, 3.8) is 0 Å². The number of aromatic nitrogens is 2. The van der Waals surface area contributed by atoms with Crippen molar-refractivity contribution in [3.8, 4) is 28.3 Å². The van der Waals surface area contributed by atoms with E-state index in [9.17, 15) is 14.4 Å². The molecule has 9 heteroatoms. The summed E-state index contributed by atoms with van der Waals surface area (Å²) in [6.07, 6.45) is 7.01. The fourth-order valence-corrected chi connectivity index (χ4v) is 5.23. The van der Waals surface area contributed by atoms with E-state index in [1.165, 1.54) is 12.8 Å². The molecule has 3 aromatic carbocycles. The van der Waals surface area contributed by atoms with Crippen molar-refractivity contribution >= 4 is 17.8 Å². The quantitative estimate of drug-likeness (QED) is 0.108. The molecule has 2 amide bonds. The molecular weight excluding hydrogens is 616 g/mol. The number of amides is 2. The molecule has 0 bridgehead atoms. The molecule has 49 heavy (non-hydrogen) atoms. The molecule has 3 N–H and O–H groups in total. The van der Waals surface area contributed by atoms with Gasteiger partial charge in [-0.2, -0.15) is 0 Å². The van der Waals surface area contributed by atoms with Crippen molar-refractivity contribution in [2.45, 2.75) is 78.2 Å². The summed E-state index contributed by atoms with van der Waals surface area (Å²) in [6, 6.07) is 21.8. The Morgan fingerprint density at radius 3 is 2.04 bits per heavy atom. The maximum absolute atomic E-state index is 13.2. The number of hydrogen-bond acceptors (Lipinski definition) is 6. The van der Waals surface area contributed by atoms with Gasteiger partial charge in [0.25, 0.3) is 5.91 Å². The van der Waals surface area contributed by atoms with Crippen LogP contribution in [0.3, 0.4) is 0 Å². The average molecular weight is 665 g/mol. The number of ether oxygens (including phenoxy) is 1. The Morgan fingerprint density at radius 1 is 0.816 bits per heavy atom. The lowest BCUT2D eigenvalue weighted by atomic mass is 9.86. The number of carbonyl (C=O) groups is 3. The van der Waals surface area contributed by atoms with Crippen LogP contribution < -0.4 is 15.4 Å². The molecule has 1 unspecified atom stereocenters. The molecule has 0 aliphatic rings. The van der Waals surface area contributed by atoms with Crippen molar-refractivity contribution in [2.75, 3.05) is 13.2 Å². The summed E-state index contributed by atoms with van der Waals surface area (Å²) in [5.41, 5.74) is 4.97. The predicted molar refractivity (Wildman–Crippen MR) is 192 cm³/mol. The van der Waals surface area contributed by atoms with Gasteiger partial charge in [-0.25, -0.2) is 9.97 Å². The molecular formula is C40H48N4O5. The lowest BCUT2D eigenvalue weighted by molar-refractivity contribution is -0.137. The maximum Gasteiger partial charge on any atom is 0.305 e. The van der Waals surface area contributed by atoms with Crippen LogP contribution in [0, 0.1) is 5.92 Å². The van der Waals surface area contributed by atoms with Crippen LogP contribution in [-0.4, -0.2) is 52.1 Å². The van der Waals surface area contributed by atoms with E-state index in [2.05, 4.69) is 55.2 Å². The maximum atomic E-state index is 13.2. The molecule has 1 atom stereocenters. The molecule has 0 aliphatic heterocycles. The van der Waals surface area contributed by atoms with Crippen LogP contribution in [0.4, 0.5) is 0 Å². The lowest BCUT2D eigenvalue weighted by Crippen LogP contribution is -2.48. The van der Waals surface area contributed by atoms with Crippen LogP contribution in [0.25, 0.3) is 22.5 Å². The molecule has 0 aliphatic carbocycles. The van der Waals surface area contributed by atoms with Crippen LogP contribution in [0.1, 0.15) is 81.8 Å². The Bertz CT molecular complexity index is 1660. The Hall–Kier alpha value is -5.05. The predicted octanol–water partition coefficient (Wildman–Crippen LogP) is 7.25. The van der Waals surface area contributed by atoms with Crippen molar-refractivity contribution in [3.05, 3.63) is 102 Å². The molecule has 4 rings (SSSR count). The number of carbonyl (C=O) groups excluding carboxylic acids is 2. The van der Waals surface area contributed by atoms with Crippen LogP contribution in [0.5, 0.6) is 5.75 Å². The van der Waals surface area contributed by atoms with Crippen molar-refractivity contribution in [1.29, 1.82) is 0 Å². The first-order valence-electron chi connectivity index (χ1n) is 16.9. The highest BCUT2D eigenvalue weighted by Crippen LogP contribution is 2.24. The molecule has 0 fully saturated rings. The SMILES string of the molecule is CC(C)CCCCOc1ccc(-c2cnc(-c3ccc(CC(NC(=O)c4ccc(C(C)(C)C)cc4)C(=O)NCCC(=O)O)cc3)nc2)cc1. The largest absolute Gasteiger partial charge is 0.494 e. The zero-order valence-electron chi connectivity index (χ0n) is 29.2. The normalized spacial score (nSPS) is 12.0. The van der Waals surface area contributed by atoms with Gasteiger partial charge in [0.15, 0.2) is 5.82 Å². The topological polar surface area (TPSA) is 131 Å². The van der Waals surface area contributed by atoms with Gasteiger partial charge in [-0.05, 0) is 65.1 Å². The Balaban J connectivity index is 1.39. The second kappa shape index (κ2) is 17.4. The van der Waals surface area contributed by atoms with E-state index in [1.807, 2.05) is 60.7 Å². The number of carboxylic acid groups (broad SMARTS) is 1. The van der Waals surface area contributed by atoms with E-state index < -0.39 is 17.9 Å². The number of hydrogen-bond donors (Lipinski definition) is 3. The van der Waals surface area contributed by atoms with Crippen molar-refractivity contribution < 1.29 is 24.2 Å². The molecule has 1 heterocycles. The summed E-state index contributed by atoms with van der Waals surface area (Å²) in [5, 5.41) is 14.5. The highest BCUT2D eigenvalue weighted by molar-refractivity contribution is 5.97. The van der Waals surface area contributed by atoms with E-state index >= 15 is 0 Å². The van der Waals surface area contributed by atoms with Crippen LogP contribution >= 0.6 is 0 Å². The first-order chi connectivity index (χ1) is 23.4. The average Bonchev–Trinajstić information content (AvgIpc) is 3.08. The molecule has 0 saturated carbocycles. The minimum absolute atomic E-state index is 0.0381. The third-order valence-corrected chi connectivity index (χ3v) is 8.21. The summed E-state index contributed by atoms with van der Waals surface area (Å²) >= 11 is 0. The van der Waals surface area contributed by atoms with Crippen LogP contribution in [-0.2, 0) is 21.4 Å². The van der Waals surface area contributed by atoms with Crippen molar-refractivity contribution in [2.24, 2.45) is 5.92 Å². The fraction of sp³-hybridized carbons (Fsp3) is 0.375. The molecule has 1 aromatic heterocycles. The van der Waals surface area contributed by atoms with Crippen molar-refractivity contribution in [1.82, 2.24) is 20.6 Å². The molecule has 0 spiro atoms. The van der Waals surface area contributed by atoms with Crippen LogP contribution in [0.15, 0.2) is 85.2 Å². The third kappa shape index (κ3) is 11.6. The van der Waals surface area contributed by atoms with E-state index in [1.54, 1.807) is 24.5 Å². The van der Waals surface area contributed by atoms with Gasteiger partial charge < -0.3 is 20.5 Å². The minimum atomic E-state index is -1.02. The first-order valence-corrected chi connectivity index (χ1v) is 16.9. The smallest absolute Gasteiger partial charge is 0.305 e. The van der Waals surface area contributed by atoms with E-state index in [0.29, 0.717) is 23.9 Å². The van der Waals surface area contributed by atoms with E-state index in [0.717, 1.165) is 40.0 Å². The van der Waals surface area contributed by atoms with Gasteiger partial charge in [-0.1, -0.05) is 89.6 Å². The highest BCUT2D eigenvalue weighted by atomic mass is 16.5. The fourth-order valence-electron chi connectivity index (χ4n) is 5.23. The summed E-state index contributed by atoms with van der Waals surface area (Å²) in [5.74, 6) is 0.268. The highest BCUT2D eigenvalue weighted by Gasteiger charge is 2.23.